The van der Waals surface area contributed by atoms with Gasteiger partial charge >= 0.3 is 5.97 Å². The molecule has 0 fully saturated rings. The molecule has 6 heteroatoms. The molecule has 0 saturated carbocycles. The van der Waals surface area contributed by atoms with Gasteiger partial charge in [0.1, 0.15) is 0 Å². The minimum Gasteiger partial charge on any atom is -0.479 e. The van der Waals surface area contributed by atoms with Gasteiger partial charge in [0.25, 0.3) is 0 Å². The zero-order valence-electron chi connectivity index (χ0n) is 13.2. The van der Waals surface area contributed by atoms with Gasteiger partial charge in [-0.05, 0) is 30.5 Å². The highest BCUT2D eigenvalue weighted by Gasteiger charge is 2.37. The van der Waals surface area contributed by atoms with Gasteiger partial charge in [-0.15, -0.1) is 11.8 Å². The molecule has 0 heterocycles. The molecular formula is C18H21O4PS. The fraction of sp³-hybridized carbons (Fsp3) is 0.278. The molecule has 0 aromatic heterocycles. The van der Waals surface area contributed by atoms with Gasteiger partial charge in [-0.3, -0.25) is 0 Å². The highest BCUT2D eigenvalue weighted by atomic mass is 32.2. The summed E-state index contributed by atoms with van der Waals surface area (Å²) in [5.41, 5.74) is -0.658. The highest BCUT2D eigenvalue weighted by Crippen LogP contribution is 2.35. The Hall–Kier alpha value is -1.55. The van der Waals surface area contributed by atoms with E-state index in [9.17, 15) is 19.6 Å². The standard InChI is InChI=1S/C18H21O4PS/c19-17(20)18(21,12-11-15-7-3-1-4-8-15)13-23(22)14-24-16-9-5-2-6-10-16/h1-10,21,23H,11-14H2,(H,19,20). The summed E-state index contributed by atoms with van der Waals surface area (Å²) in [5.74, 6) is -1.30. The van der Waals surface area contributed by atoms with Crippen LogP contribution in [0.5, 0.6) is 0 Å². The first-order valence-electron chi connectivity index (χ1n) is 7.69. The van der Waals surface area contributed by atoms with Crippen LogP contribution in [0, 0.1) is 0 Å². The second kappa shape index (κ2) is 9.07. The molecule has 0 amide bonds. The van der Waals surface area contributed by atoms with Gasteiger partial charge in [0.05, 0.1) is 7.80 Å². The maximum absolute atomic E-state index is 12.3. The maximum Gasteiger partial charge on any atom is 0.336 e. The van der Waals surface area contributed by atoms with Crippen molar-refractivity contribution in [3.63, 3.8) is 0 Å². The Morgan fingerprint density at radius 2 is 1.62 bits per heavy atom. The van der Waals surface area contributed by atoms with Crippen LogP contribution in [0.25, 0.3) is 0 Å². The zero-order valence-corrected chi connectivity index (χ0v) is 15.0. The zero-order chi connectivity index (χ0) is 17.4. The molecule has 0 bridgehead atoms. The molecule has 0 spiro atoms. The molecule has 0 saturated heterocycles. The number of aryl methyl sites for hydroxylation is 1. The molecule has 24 heavy (non-hydrogen) atoms. The number of benzene rings is 2. The first-order valence-corrected chi connectivity index (χ1v) is 10.5. The van der Waals surface area contributed by atoms with Gasteiger partial charge in [0, 0.05) is 16.6 Å². The lowest BCUT2D eigenvalue weighted by Gasteiger charge is -2.23. The molecule has 0 aliphatic rings. The van der Waals surface area contributed by atoms with Crippen LogP contribution in [-0.2, 0) is 15.8 Å². The van der Waals surface area contributed by atoms with E-state index in [4.69, 9.17) is 0 Å². The summed E-state index contributed by atoms with van der Waals surface area (Å²) in [5, 5.41) is 19.8. The van der Waals surface area contributed by atoms with Gasteiger partial charge in [0.15, 0.2) is 5.60 Å². The van der Waals surface area contributed by atoms with Crippen LogP contribution in [0.2, 0.25) is 0 Å². The Morgan fingerprint density at radius 3 is 2.21 bits per heavy atom. The minimum absolute atomic E-state index is 0.0543. The van der Waals surface area contributed by atoms with Crippen molar-refractivity contribution in [2.45, 2.75) is 23.3 Å². The average Bonchev–Trinajstić information content (AvgIpc) is 2.60. The molecular weight excluding hydrogens is 343 g/mol. The fourth-order valence-electron chi connectivity index (χ4n) is 2.32. The van der Waals surface area contributed by atoms with E-state index in [1.54, 1.807) is 0 Å². The third-order valence-corrected chi connectivity index (χ3v) is 7.15. The van der Waals surface area contributed by atoms with Crippen molar-refractivity contribution >= 4 is 25.5 Å². The van der Waals surface area contributed by atoms with Crippen molar-refractivity contribution in [3.8, 4) is 0 Å². The average molecular weight is 364 g/mol. The molecule has 2 rings (SSSR count). The summed E-state index contributed by atoms with van der Waals surface area (Å²) in [6.45, 7) is 0. The van der Waals surface area contributed by atoms with E-state index in [0.29, 0.717) is 11.9 Å². The number of thioether (sulfide) groups is 1. The minimum atomic E-state index is -2.21. The topological polar surface area (TPSA) is 74.6 Å². The predicted molar refractivity (Wildman–Crippen MR) is 98.4 cm³/mol. The molecule has 0 aliphatic heterocycles. The molecule has 0 aliphatic carbocycles. The lowest BCUT2D eigenvalue weighted by Crippen LogP contribution is -2.41. The van der Waals surface area contributed by atoms with E-state index in [2.05, 4.69) is 0 Å². The summed E-state index contributed by atoms with van der Waals surface area (Å²) in [4.78, 5) is 12.5. The molecule has 2 atom stereocenters. The van der Waals surface area contributed by atoms with E-state index in [-0.39, 0.29) is 12.6 Å². The van der Waals surface area contributed by atoms with Gasteiger partial charge in [-0.1, -0.05) is 48.5 Å². The Bertz CT molecular complexity index is 678. The van der Waals surface area contributed by atoms with E-state index in [0.717, 1.165) is 10.5 Å². The van der Waals surface area contributed by atoms with Gasteiger partial charge < -0.3 is 14.8 Å². The number of carboxylic acid groups (broad SMARTS) is 1. The summed E-state index contributed by atoms with van der Waals surface area (Å²) >= 11 is 1.42. The van der Waals surface area contributed by atoms with E-state index >= 15 is 0 Å². The number of carboxylic acids is 1. The number of carbonyl (C=O) groups is 1. The molecule has 2 aromatic carbocycles. The summed E-state index contributed by atoms with van der Waals surface area (Å²) in [7, 11) is -2.21. The molecule has 128 valence electrons. The number of aliphatic carboxylic acids is 1. The number of aliphatic hydroxyl groups is 1. The van der Waals surface area contributed by atoms with E-state index in [1.165, 1.54) is 11.8 Å². The third kappa shape index (κ3) is 5.82. The SMILES string of the molecule is O=C(O)C(O)(CCc1ccccc1)C[PH](=O)CSc1ccccc1. The van der Waals surface area contributed by atoms with E-state index < -0.39 is 19.4 Å². The lowest BCUT2D eigenvalue weighted by molar-refractivity contribution is -0.156. The Kier molecular flexibility index (Phi) is 7.10. The smallest absolute Gasteiger partial charge is 0.336 e. The van der Waals surface area contributed by atoms with E-state index in [1.807, 2.05) is 60.7 Å². The second-order valence-corrected chi connectivity index (χ2v) is 8.99. The van der Waals surface area contributed by atoms with Crippen LogP contribution in [0.4, 0.5) is 0 Å². The largest absolute Gasteiger partial charge is 0.479 e. The van der Waals surface area contributed by atoms with Crippen LogP contribution < -0.4 is 0 Å². The lowest BCUT2D eigenvalue weighted by atomic mass is 9.97. The van der Waals surface area contributed by atoms with Crippen molar-refractivity contribution in [1.82, 2.24) is 0 Å². The van der Waals surface area contributed by atoms with Crippen LogP contribution in [-0.4, -0.2) is 33.4 Å². The Balaban J connectivity index is 1.91. The molecule has 4 nitrogen and oxygen atoms in total. The Morgan fingerprint density at radius 1 is 1.04 bits per heavy atom. The maximum atomic E-state index is 12.3. The van der Waals surface area contributed by atoms with Crippen molar-refractivity contribution in [1.29, 1.82) is 0 Å². The fourth-order valence-corrected chi connectivity index (χ4v) is 5.37. The number of hydrogen-bond acceptors (Lipinski definition) is 4. The Labute approximate surface area is 146 Å². The van der Waals surface area contributed by atoms with Gasteiger partial charge in [-0.2, -0.15) is 0 Å². The van der Waals surface area contributed by atoms with Crippen LogP contribution in [0.15, 0.2) is 65.6 Å². The van der Waals surface area contributed by atoms with Crippen LogP contribution in [0.1, 0.15) is 12.0 Å². The summed E-state index contributed by atoms with van der Waals surface area (Å²) < 4.78 is 12.3. The third-order valence-electron chi connectivity index (χ3n) is 3.70. The van der Waals surface area contributed by atoms with Crippen molar-refractivity contribution in [2.75, 3.05) is 11.7 Å². The number of hydrogen-bond donors (Lipinski definition) is 2. The van der Waals surface area contributed by atoms with Gasteiger partial charge in [-0.25, -0.2) is 4.79 Å². The van der Waals surface area contributed by atoms with Crippen molar-refractivity contribution < 1.29 is 19.6 Å². The predicted octanol–water partition coefficient (Wildman–Crippen LogP) is 3.74. The van der Waals surface area contributed by atoms with Crippen LogP contribution >= 0.6 is 19.6 Å². The summed E-state index contributed by atoms with van der Waals surface area (Å²) in [6.07, 6.45) is 0.295. The quantitative estimate of drug-likeness (QED) is 0.524. The van der Waals surface area contributed by atoms with Gasteiger partial charge in [0.2, 0.25) is 0 Å². The first kappa shape index (κ1) is 18.8. The molecule has 0 radical (unpaired) electrons. The molecule has 2 unspecified atom stereocenters. The number of rotatable bonds is 9. The summed E-state index contributed by atoms with van der Waals surface area (Å²) in [6, 6.07) is 18.9. The monoisotopic (exact) mass is 364 g/mol. The molecule has 2 N–H and O–H groups in total. The molecule has 2 aromatic rings. The second-order valence-electron chi connectivity index (χ2n) is 5.64. The first-order chi connectivity index (χ1) is 11.5. The van der Waals surface area contributed by atoms with Crippen molar-refractivity contribution in [2.24, 2.45) is 0 Å². The normalized spacial score (nSPS) is 14.7. The van der Waals surface area contributed by atoms with Crippen LogP contribution in [0.3, 0.4) is 0 Å². The highest BCUT2D eigenvalue weighted by molar-refractivity contribution is 8.03. The van der Waals surface area contributed by atoms with Crippen molar-refractivity contribution in [3.05, 3.63) is 66.2 Å².